The van der Waals surface area contributed by atoms with Crippen LogP contribution in [0.2, 0.25) is 0 Å². The topological polar surface area (TPSA) is 145 Å². The average molecular weight is 510 g/mol. The second-order valence-corrected chi connectivity index (χ2v) is 10.0. The van der Waals surface area contributed by atoms with Crippen LogP contribution < -0.4 is 21.7 Å². The first-order chi connectivity index (χ1) is 17.2. The molecule has 36 heavy (non-hydrogen) atoms. The van der Waals surface area contributed by atoms with E-state index in [1.807, 2.05) is 26.0 Å². The Kier molecular flexibility index (Phi) is 7.44. The van der Waals surface area contributed by atoms with Crippen molar-refractivity contribution in [2.45, 2.75) is 65.0 Å². The molecule has 5 N–H and O–H groups in total. The van der Waals surface area contributed by atoms with Crippen LogP contribution in [0.5, 0.6) is 0 Å². The standard InChI is InChI=1S/C26H31N5O4S/c1-14-8-7-11-18(16(14)3)31(26(34)23-20(27)21(24(28)32)30-36-23)22(19-13-12-15(2)35-19)25(33)29-17-9-5-4-6-10-17/h7-8,11-13,17,22H,4-6,9-10,27H2,1-3H3,(H2,28,32)(H,29,33). The van der Waals surface area contributed by atoms with Crippen LogP contribution in [-0.4, -0.2) is 28.1 Å². The van der Waals surface area contributed by atoms with E-state index < -0.39 is 17.9 Å². The highest BCUT2D eigenvalue weighted by molar-refractivity contribution is 7.09. The maximum atomic E-state index is 14.1. The third-order valence-electron chi connectivity index (χ3n) is 6.70. The molecule has 3 amide bonds. The van der Waals surface area contributed by atoms with Gasteiger partial charge < -0.3 is 21.2 Å². The first-order valence-electron chi connectivity index (χ1n) is 12.0. The largest absolute Gasteiger partial charge is 0.464 e. The predicted octanol–water partition coefficient (Wildman–Crippen LogP) is 4.18. The number of benzene rings is 1. The van der Waals surface area contributed by atoms with Gasteiger partial charge in [-0.2, -0.15) is 4.37 Å². The van der Waals surface area contributed by atoms with Gasteiger partial charge in [0.15, 0.2) is 11.7 Å². The van der Waals surface area contributed by atoms with Gasteiger partial charge in [-0.1, -0.05) is 31.4 Å². The summed E-state index contributed by atoms with van der Waals surface area (Å²) in [6, 6.07) is 7.92. The third kappa shape index (κ3) is 4.99. The summed E-state index contributed by atoms with van der Waals surface area (Å²) >= 11 is 0.781. The Bertz CT molecular complexity index is 1290. The summed E-state index contributed by atoms with van der Waals surface area (Å²) in [4.78, 5) is 41.2. The highest BCUT2D eigenvalue weighted by Crippen LogP contribution is 2.36. The molecule has 2 heterocycles. The number of rotatable bonds is 7. The normalized spacial score (nSPS) is 14.9. The number of nitrogens with one attached hydrogen (secondary N) is 1. The summed E-state index contributed by atoms with van der Waals surface area (Å²) in [5, 5.41) is 3.14. The Morgan fingerprint density at radius 2 is 1.83 bits per heavy atom. The molecule has 1 fully saturated rings. The summed E-state index contributed by atoms with van der Waals surface area (Å²) in [6.45, 7) is 5.60. The monoisotopic (exact) mass is 509 g/mol. The molecule has 2 aromatic heterocycles. The third-order valence-corrected chi connectivity index (χ3v) is 7.55. The Labute approximate surface area is 214 Å². The first-order valence-corrected chi connectivity index (χ1v) is 12.8. The van der Waals surface area contributed by atoms with Crippen LogP contribution in [0.4, 0.5) is 11.4 Å². The maximum absolute atomic E-state index is 14.1. The number of aromatic nitrogens is 1. The molecule has 1 aliphatic carbocycles. The molecule has 0 bridgehead atoms. The number of anilines is 2. The van der Waals surface area contributed by atoms with Crippen molar-refractivity contribution in [3.8, 4) is 0 Å². The number of hydrogen-bond acceptors (Lipinski definition) is 7. The highest BCUT2D eigenvalue weighted by Gasteiger charge is 2.39. The second kappa shape index (κ2) is 10.5. The molecule has 1 atom stereocenters. The van der Waals surface area contributed by atoms with E-state index in [0.29, 0.717) is 17.2 Å². The predicted molar refractivity (Wildman–Crippen MR) is 139 cm³/mol. The molecule has 9 nitrogen and oxygen atoms in total. The summed E-state index contributed by atoms with van der Waals surface area (Å²) < 4.78 is 9.91. The lowest BCUT2D eigenvalue weighted by molar-refractivity contribution is -0.123. The molecule has 1 saturated carbocycles. The summed E-state index contributed by atoms with van der Waals surface area (Å²) in [5.41, 5.74) is 13.6. The van der Waals surface area contributed by atoms with Crippen molar-refractivity contribution in [3.05, 3.63) is 63.6 Å². The molecular weight excluding hydrogens is 478 g/mol. The van der Waals surface area contributed by atoms with Crippen molar-refractivity contribution in [1.29, 1.82) is 0 Å². The number of aryl methyl sites for hydroxylation is 2. The molecule has 0 aliphatic heterocycles. The molecule has 3 aromatic rings. The minimum absolute atomic E-state index is 0.0234. The van der Waals surface area contributed by atoms with Crippen molar-refractivity contribution >= 4 is 40.6 Å². The van der Waals surface area contributed by atoms with E-state index in [1.165, 1.54) is 4.90 Å². The van der Waals surface area contributed by atoms with Gasteiger partial charge in [0.1, 0.15) is 16.4 Å². The molecule has 0 spiro atoms. The number of carbonyl (C=O) groups excluding carboxylic acids is 3. The maximum Gasteiger partial charge on any atom is 0.273 e. The fraction of sp³-hybridized carbons (Fsp3) is 0.385. The van der Waals surface area contributed by atoms with Crippen LogP contribution >= 0.6 is 11.5 Å². The van der Waals surface area contributed by atoms with E-state index in [-0.39, 0.29) is 28.2 Å². The number of carbonyl (C=O) groups is 3. The molecule has 1 aromatic carbocycles. The SMILES string of the molecule is Cc1ccc(C(C(=O)NC2CCCCC2)N(C(=O)c2snc(C(N)=O)c2N)c2cccc(C)c2C)o1. The second-order valence-electron chi connectivity index (χ2n) is 9.23. The molecule has 0 radical (unpaired) electrons. The van der Waals surface area contributed by atoms with Gasteiger partial charge in [-0.3, -0.25) is 19.3 Å². The van der Waals surface area contributed by atoms with E-state index in [9.17, 15) is 14.4 Å². The van der Waals surface area contributed by atoms with Gasteiger partial charge in [-0.15, -0.1) is 0 Å². The van der Waals surface area contributed by atoms with Gasteiger partial charge in [0.25, 0.3) is 17.7 Å². The average Bonchev–Trinajstić information content (AvgIpc) is 3.45. The van der Waals surface area contributed by atoms with E-state index >= 15 is 0 Å². The van der Waals surface area contributed by atoms with Gasteiger partial charge in [0, 0.05) is 11.7 Å². The van der Waals surface area contributed by atoms with E-state index in [0.717, 1.165) is 54.8 Å². The molecule has 190 valence electrons. The molecule has 1 aliphatic rings. The highest BCUT2D eigenvalue weighted by atomic mass is 32.1. The molecule has 1 unspecified atom stereocenters. The lowest BCUT2D eigenvalue weighted by Crippen LogP contribution is -2.47. The van der Waals surface area contributed by atoms with E-state index in [1.54, 1.807) is 25.1 Å². The van der Waals surface area contributed by atoms with Crippen molar-refractivity contribution in [2.75, 3.05) is 10.6 Å². The molecule has 0 saturated heterocycles. The number of nitrogens with two attached hydrogens (primary N) is 2. The lowest BCUT2D eigenvalue weighted by atomic mass is 9.95. The Hall–Kier alpha value is -3.66. The van der Waals surface area contributed by atoms with Gasteiger partial charge in [-0.25, -0.2) is 0 Å². The number of primary amides is 1. The molecule has 4 rings (SSSR count). The smallest absolute Gasteiger partial charge is 0.273 e. The summed E-state index contributed by atoms with van der Waals surface area (Å²) in [6.07, 6.45) is 5.01. The number of hydrogen-bond donors (Lipinski definition) is 3. The number of nitrogen functional groups attached to an aromatic ring is 1. The number of furan rings is 1. The van der Waals surface area contributed by atoms with Crippen LogP contribution in [0.3, 0.4) is 0 Å². The van der Waals surface area contributed by atoms with Crippen LogP contribution in [0.15, 0.2) is 34.7 Å². The summed E-state index contributed by atoms with van der Waals surface area (Å²) in [5.74, 6) is -0.794. The Balaban J connectivity index is 1.86. The minimum atomic E-state index is -1.10. The first kappa shape index (κ1) is 25.4. The summed E-state index contributed by atoms with van der Waals surface area (Å²) in [7, 11) is 0. The van der Waals surface area contributed by atoms with Gasteiger partial charge in [0.05, 0.1) is 5.69 Å². The van der Waals surface area contributed by atoms with Crippen LogP contribution in [0.1, 0.15) is 81.0 Å². The Morgan fingerprint density at radius 3 is 2.44 bits per heavy atom. The van der Waals surface area contributed by atoms with Crippen LogP contribution in [-0.2, 0) is 4.79 Å². The Morgan fingerprint density at radius 1 is 1.11 bits per heavy atom. The zero-order valence-corrected chi connectivity index (χ0v) is 21.5. The van der Waals surface area contributed by atoms with E-state index in [2.05, 4.69) is 9.69 Å². The fourth-order valence-electron chi connectivity index (χ4n) is 4.60. The molecule has 10 heteroatoms. The lowest BCUT2D eigenvalue weighted by Gasteiger charge is -2.33. The van der Waals surface area contributed by atoms with Crippen molar-refractivity contribution < 1.29 is 18.8 Å². The zero-order valence-electron chi connectivity index (χ0n) is 20.7. The van der Waals surface area contributed by atoms with Crippen molar-refractivity contribution in [2.24, 2.45) is 5.73 Å². The quantitative estimate of drug-likeness (QED) is 0.436. The van der Waals surface area contributed by atoms with Crippen molar-refractivity contribution in [1.82, 2.24) is 9.69 Å². The molecular formula is C26H31N5O4S. The van der Waals surface area contributed by atoms with Crippen molar-refractivity contribution in [3.63, 3.8) is 0 Å². The van der Waals surface area contributed by atoms with Crippen LogP contribution in [0.25, 0.3) is 0 Å². The van der Waals surface area contributed by atoms with Gasteiger partial charge in [-0.05, 0) is 74.5 Å². The van der Waals surface area contributed by atoms with Gasteiger partial charge >= 0.3 is 0 Å². The number of nitrogens with zero attached hydrogens (tertiary/aromatic N) is 2. The fourth-order valence-corrected chi connectivity index (χ4v) is 5.34. The van der Waals surface area contributed by atoms with Gasteiger partial charge in [0.2, 0.25) is 0 Å². The van der Waals surface area contributed by atoms with E-state index in [4.69, 9.17) is 15.9 Å². The zero-order chi connectivity index (χ0) is 26.0. The number of amides is 3. The van der Waals surface area contributed by atoms with Crippen LogP contribution in [0, 0.1) is 20.8 Å². The minimum Gasteiger partial charge on any atom is -0.464 e.